The van der Waals surface area contributed by atoms with Gasteiger partial charge < -0.3 is 15.6 Å². The maximum atomic E-state index is 10.6. The lowest BCUT2D eigenvalue weighted by Gasteiger charge is -2.18. The number of anilines is 1. The number of aliphatic hydroxyl groups is 1. The van der Waals surface area contributed by atoms with Gasteiger partial charge in [0, 0.05) is 18.9 Å². The standard InChI is InChI=1S/C15H18N2O2/c1-10-7-8-17-15(16)13(10)14(18)12-6-4-3-5-11(12)9-19-2/h3-8,14,18H,9H2,1-2H3,(H2,16,17). The van der Waals surface area contributed by atoms with Gasteiger partial charge in [0.1, 0.15) is 11.9 Å². The molecule has 0 aliphatic heterocycles. The quantitative estimate of drug-likeness (QED) is 0.882. The first-order chi connectivity index (χ1) is 9.15. The largest absolute Gasteiger partial charge is 0.383 e. The van der Waals surface area contributed by atoms with Crippen LogP contribution in [0.3, 0.4) is 0 Å². The predicted molar refractivity (Wildman–Crippen MR) is 74.6 cm³/mol. The van der Waals surface area contributed by atoms with E-state index in [0.717, 1.165) is 16.7 Å². The third-order valence-corrected chi connectivity index (χ3v) is 3.16. The van der Waals surface area contributed by atoms with Crippen LogP contribution in [0.1, 0.15) is 28.4 Å². The molecular formula is C15H18N2O2. The topological polar surface area (TPSA) is 68.4 Å². The van der Waals surface area contributed by atoms with Crippen LogP contribution in [0.25, 0.3) is 0 Å². The van der Waals surface area contributed by atoms with Crippen molar-refractivity contribution in [2.45, 2.75) is 19.6 Å². The number of benzene rings is 1. The lowest BCUT2D eigenvalue weighted by Crippen LogP contribution is -2.10. The molecule has 0 saturated carbocycles. The number of hydrogen-bond acceptors (Lipinski definition) is 4. The molecule has 0 amide bonds. The van der Waals surface area contributed by atoms with Crippen LogP contribution in [0.5, 0.6) is 0 Å². The van der Waals surface area contributed by atoms with Crippen molar-refractivity contribution in [1.82, 2.24) is 4.98 Å². The van der Waals surface area contributed by atoms with Gasteiger partial charge in [-0.1, -0.05) is 24.3 Å². The molecule has 1 aromatic carbocycles. The van der Waals surface area contributed by atoms with Crippen LogP contribution in [-0.4, -0.2) is 17.2 Å². The van der Waals surface area contributed by atoms with Crippen molar-refractivity contribution in [3.63, 3.8) is 0 Å². The number of rotatable bonds is 4. The van der Waals surface area contributed by atoms with E-state index in [1.54, 1.807) is 13.3 Å². The molecule has 0 aliphatic carbocycles. The number of aryl methyl sites for hydroxylation is 1. The Morgan fingerprint density at radius 1 is 1.32 bits per heavy atom. The Balaban J connectivity index is 2.47. The molecule has 4 heteroatoms. The highest BCUT2D eigenvalue weighted by atomic mass is 16.5. The van der Waals surface area contributed by atoms with Crippen molar-refractivity contribution in [3.8, 4) is 0 Å². The number of ether oxygens (including phenoxy) is 1. The third kappa shape index (κ3) is 2.75. The van der Waals surface area contributed by atoms with Crippen LogP contribution >= 0.6 is 0 Å². The van der Waals surface area contributed by atoms with E-state index in [1.165, 1.54) is 0 Å². The number of nitrogens with zero attached hydrogens (tertiary/aromatic N) is 1. The molecule has 0 aliphatic rings. The van der Waals surface area contributed by atoms with Crippen molar-refractivity contribution < 1.29 is 9.84 Å². The predicted octanol–water partition coefficient (Wildman–Crippen LogP) is 2.20. The van der Waals surface area contributed by atoms with Crippen LogP contribution in [-0.2, 0) is 11.3 Å². The normalized spacial score (nSPS) is 12.4. The summed E-state index contributed by atoms with van der Waals surface area (Å²) in [4.78, 5) is 4.05. The van der Waals surface area contributed by atoms with Gasteiger partial charge in [-0.05, 0) is 29.7 Å². The lowest BCUT2D eigenvalue weighted by atomic mass is 9.95. The average molecular weight is 258 g/mol. The van der Waals surface area contributed by atoms with Crippen LogP contribution in [0.4, 0.5) is 5.82 Å². The molecule has 0 saturated heterocycles. The highest BCUT2D eigenvalue weighted by Gasteiger charge is 2.19. The highest BCUT2D eigenvalue weighted by molar-refractivity contribution is 5.50. The number of nitrogens with two attached hydrogens (primary N) is 1. The summed E-state index contributed by atoms with van der Waals surface area (Å²) in [6.07, 6.45) is 0.849. The second kappa shape index (κ2) is 5.82. The average Bonchev–Trinajstić information content (AvgIpc) is 2.39. The van der Waals surface area contributed by atoms with Gasteiger partial charge in [-0.3, -0.25) is 0 Å². The fourth-order valence-corrected chi connectivity index (χ4v) is 2.19. The van der Waals surface area contributed by atoms with Gasteiger partial charge in [0.2, 0.25) is 0 Å². The molecule has 3 N–H and O–H groups in total. The van der Waals surface area contributed by atoms with Crippen molar-refractivity contribution in [3.05, 3.63) is 58.8 Å². The molecule has 19 heavy (non-hydrogen) atoms. The molecule has 1 aromatic heterocycles. The summed E-state index contributed by atoms with van der Waals surface area (Å²) in [5.74, 6) is 0.361. The number of nitrogen functional groups attached to an aromatic ring is 1. The number of aliphatic hydroxyl groups excluding tert-OH is 1. The Morgan fingerprint density at radius 3 is 2.74 bits per heavy atom. The monoisotopic (exact) mass is 258 g/mol. The maximum absolute atomic E-state index is 10.6. The summed E-state index contributed by atoms with van der Waals surface area (Å²) in [6, 6.07) is 9.46. The molecule has 100 valence electrons. The Hall–Kier alpha value is -1.91. The highest BCUT2D eigenvalue weighted by Crippen LogP contribution is 2.30. The third-order valence-electron chi connectivity index (χ3n) is 3.16. The van der Waals surface area contributed by atoms with Crippen LogP contribution < -0.4 is 5.73 Å². The Bertz CT molecular complexity index is 550. The van der Waals surface area contributed by atoms with E-state index in [4.69, 9.17) is 10.5 Å². The molecule has 0 radical (unpaired) electrons. The first kappa shape index (κ1) is 13.5. The Labute approximate surface area is 112 Å². The maximum Gasteiger partial charge on any atom is 0.129 e. The molecule has 4 nitrogen and oxygen atoms in total. The molecule has 1 unspecified atom stereocenters. The van der Waals surface area contributed by atoms with E-state index < -0.39 is 6.10 Å². The molecule has 1 heterocycles. The minimum Gasteiger partial charge on any atom is -0.383 e. The number of pyridine rings is 1. The zero-order valence-corrected chi connectivity index (χ0v) is 11.1. The minimum atomic E-state index is -0.792. The molecule has 2 aromatic rings. The van der Waals surface area contributed by atoms with Gasteiger partial charge in [0.15, 0.2) is 0 Å². The zero-order chi connectivity index (χ0) is 13.8. The van der Waals surface area contributed by atoms with Crippen LogP contribution in [0, 0.1) is 6.92 Å². The van der Waals surface area contributed by atoms with Crippen molar-refractivity contribution >= 4 is 5.82 Å². The van der Waals surface area contributed by atoms with E-state index in [2.05, 4.69) is 4.98 Å². The Morgan fingerprint density at radius 2 is 2.05 bits per heavy atom. The minimum absolute atomic E-state index is 0.361. The van der Waals surface area contributed by atoms with E-state index in [9.17, 15) is 5.11 Å². The summed E-state index contributed by atoms with van der Waals surface area (Å²) in [5, 5.41) is 10.6. The number of hydrogen-bond donors (Lipinski definition) is 2. The van der Waals surface area contributed by atoms with E-state index in [-0.39, 0.29) is 0 Å². The summed E-state index contributed by atoms with van der Waals surface area (Å²) < 4.78 is 5.16. The first-order valence-corrected chi connectivity index (χ1v) is 6.11. The molecular weight excluding hydrogens is 240 g/mol. The SMILES string of the molecule is COCc1ccccc1C(O)c1c(C)ccnc1N. The molecule has 2 rings (SSSR count). The van der Waals surface area contributed by atoms with Crippen LogP contribution in [0.15, 0.2) is 36.5 Å². The van der Waals surface area contributed by atoms with Gasteiger partial charge >= 0.3 is 0 Å². The lowest BCUT2D eigenvalue weighted by molar-refractivity contribution is 0.176. The van der Waals surface area contributed by atoms with Crippen molar-refractivity contribution in [2.75, 3.05) is 12.8 Å². The summed E-state index contributed by atoms with van der Waals surface area (Å²) >= 11 is 0. The summed E-state index contributed by atoms with van der Waals surface area (Å²) in [6.45, 7) is 2.36. The van der Waals surface area contributed by atoms with E-state index in [0.29, 0.717) is 18.0 Å². The zero-order valence-electron chi connectivity index (χ0n) is 11.1. The van der Waals surface area contributed by atoms with Gasteiger partial charge in [-0.2, -0.15) is 0 Å². The van der Waals surface area contributed by atoms with Gasteiger partial charge in [-0.25, -0.2) is 4.98 Å². The van der Waals surface area contributed by atoms with Crippen molar-refractivity contribution in [2.24, 2.45) is 0 Å². The van der Waals surface area contributed by atoms with Crippen LogP contribution in [0.2, 0.25) is 0 Å². The number of methoxy groups -OCH3 is 1. The fourth-order valence-electron chi connectivity index (χ4n) is 2.19. The smallest absolute Gasteiger partial charge is 0.129 e. The fraction of sp³-hybridized carbons (Fsp3) is 0.267. The molecule has 0 spiro atoms. The second-order valence-electron chi connectivity index (χ2n) is 4.46. The van der Waals surface area contributed by atoms with Gasteiger partial charge in [0.25, 0.3) is 0 Å². The summed E-state index contributed by atoms with van der Waals surface area (Å²) in [5.41, 5.74) is 9.21. The van der Waals surface area contributed by atoms with E-state index in [1.807, 2.05) is 37.3 Å². The summed E-state index contributed by atoms with van der Waals surface area (Å²) in [7, 11) is 1.63. The van der Waals surface area contributed by atoms with Crippen molar-refractivity contribution in [1.29, 1.82) is 0 Å². The molecule has 0 fully saturated rings. The van der Waals surface area contributed by atoms with Gasteiger partial charge in [-0.15, -0.1) is 0 Å². The molecule has 1 atom stereocenters. The van der Waals surface area contributed by atoms with E-state index >= 15 is 0 Å². The number of aromatic nitrogens is 1. The second-order valence-corrected chi connectivity index (χ2v) is 4.46. The molecule has 0 bridgehead atoms. The van der Waals surface area contributed by atoms with Gasteiger partial charge in [0.05, 0.1) is 6.61 Å². The Kier molecular flexibility index (Phi) is 4.14. The first-order valence-electron chi connectivity index (χ1n) is 6.11.